The highest BCUT2D eigenvalue weighted by Crippen LogP contribution is 2.10. The van der Waals surface area contributed by atoms with E-state index in [9.17, 15) is 0 Å². The molecule has 0 aromatic carbocycles. The van der Waals surface area contributed by atoms with Crippen molar-refractivity contribution in [1.82, 2.24) is 20.2 Å². The fourth-order valence-corrected chi connectivity index (χ4v) is 2.00. The van der Waals surface area contributed by atoms with Gasteiger partial charge >= 0.3 is 0 Å². The molecule has 0 atom stereocenters. The van der Waals surface area contributed by atoms with Gasteiger partial charge in [-0.05, 0) is 46.1 Å². The van der Waals surface area contributed by atoms with E-state index in [2.05, 4.69) is 34.3 Å². The molecule has 0 fully saturated rings. The molecule has 0 saturated heterocycles. The first-order valence-electron chi connectivity index (χ1n) is 5.95. The second kappa shape index (κ2) is 8.44. The van der Waals surface area contributed by atoms with Crippen molar-refractivity contribution in [2.45, 2.75) is 18.5 Å². The molecule has 0 aliphatic carbocycles. The molecule has 0 aliphatic heterocycles. The summed E-state index contributed by atoms with van der Waals surface area (Å²) in [4.78, 5) is 10.7. The summed E-state index contributed by atoms with van der Waals surface area (Å²) in [5.41, 5.74) is 1.11. The summed E-state index contributed by atoms with van der Waals surface area (Å²) in [6.45, 7) is 5.23. The number of hydrogen-bond donors (Lipinski definition) is 1. The molecule has 5 heteroatoms. The van der Waals surface area contributed by atoms with E-state index in [1.54, 1.807) is 11.8 Å². The van der Waals surface area contributed by atoms with Crippen molar-refractivity contribution in [3.05, 3.63) is 18.0 Å². The first-order valence-corrected chi connectivity index (χ1v) is 6.94. The molecule has 1 heterocycles. The summed E-state index contributed by atoms with van der Waals surface area (Å²) < 4.78 is 0. The second-order valence-electron chi connectivity index (χ2n) is 4.30. The molecular weight excluding hydrogens is 232 g/mol. The van der Waals surface area contributed by atoms with Gasteiger partial charge in [-0.1, -0.05) is 11.8 Å². The van der Waals surface area contributed by atoms with E-state index in [1.165, 1.54) is 6.42 Å². The van der Waals surface area contributed by atoms with Gasteiger partial charge in [-0.25, -0.2) is 9.97 Å². The lowest BCUT2D eigenvalue weighted by atomic mass is 10.4. The highest BCUT2D eigenvalue weighted by atomic mass is 32.2. The van der Waals surface area contributed by atoms with Gasteiger partial charge in [-0.15, -0.1) is 0 Å². The average Bonchev–Trinajstić information content (AvgIpc) is 2.30. The zero-order chi connectivity index (χ0) is 12.5. The standard InChI is InChI=1S/C12H22N4S/c1-11-9-14-12(15-10-11)17-8-6-13-5-4-7-16(2)3/h9-10,13H,4-8H2,1-3H3. The number of aromatic nitrogens is 2. The van der Waals surface area contributed by atoms with Gasteiger partial charge in [-0.2, -0.15) is 0 Å². The maximum atomic E-state index is 4.25. The fraction of sp³-hybridized carbons (Fsp3) is 0.667. The summed E-state index contributed by atoms with van der Waals surface area (Å²) in [6, 6.07) is 0. The topological polar surface area (TPSA) is 41.1 Å². The quantitative estimate of drug-likeness (QED) is 0.432. The van der Waals surface area contributed by atoms with Crippen molar-refractivity contribution in [2.75, 3.05) is 39.5 Å². The highest BCUT2D eigenvalue weighted by Gasteiger charge is 1.96. The van der Waals surface area contributed by atoms with Crippen LogP contribution in [0.3, 0.4) is 0 Å². The largest absolute Gasteiger partial charge is 0.316 e. The maximum absolute atomic E-state index is 4.25. The minimum Gasteiger partial charge on any atom is -0.316 e. The second-order valence-corrected chi connectivity index (χ2v) is 5.36. The molecule has 0 spiro atoms. The lowest BCUT2D eigenvalue weighted by Crippen LogP contribution is -2.23. The van der Waals surface area contributed by atoms with Gasteiger partial charge in [-0.3, -0.25) is 0 Å². The van der Waals surface area contributed by atoms with Crippen molar-refractivity contribution in [1.29, 1.82) is 0 Å². The van der Waals surface area contributed by atoms with E-state index < -0.39 is 0 Å². The molecule has 0 saturated carbocycles. The van der Waals surface area contributed by atoms with Crippen LogP contribution in [0.2, 0.25) is 0 Å². The Morgan fingerprint density at radius 3 is 2.59 bits per heavy atom. The molecule has 0 unspecified atom stereocenters. The predicted molar refractivity (Wildman–Crippen MR) is 73.5 cm³/mol. The number of nitrogens with zero attached hydrogens (tertiary/aromatic N) is 3. The van der Waals surface area contributed by atoms with Crippen molar-refractivity contribution in [2.24, 2.45) is 0 Å². The molecule has 96 valence electrons. The van der Waals surface area contributed by atoms with Crippen LogP contribution in [-0.4, -0.2) is 54.4 Å². The van der Waals surface area contributed by atoms with Crippen LogP contribution in [0.1, 0.15) is 12.0 Å². The molecule has 0 amide bonds. The van der Waals surface area contributed by atoms with E-state index in [4.69, 9.17) is 0 Å². The minimum atomic E-state index is 0.866. The van der Waals surface area contributed by atoms with Crippen LogP contribution >= 0.6 is 11.8 Å². The normalized spacial score (nSPS) is 11.1. The minimum absolute atomic E-state index is 0.866. The Morgan fingerprint density at radius 1 is 1.24 bits per heavy atom. The van der Waals surface area contributed by atoms with Crippen LogP contribution in [0.15, 0.2) is 17.6 Å². The highest BCUT2D eigenvalue weighted by molar-refractivity contribution is 7.99. The van der Waals surface area contributed by atoms with Gasteiger partial charge in [0, 0.05) is 24.7 Å². The van der Waals surface area contributed by atoms with Crippen LogP contribution < -0.4 is 5.32 Å². The van der Waals surface area contributed by atoms with E-state index >= 15 is 0 Å². The Labute approximate surface area is 108 Å². The third kappa shape index (κ3) is 7.31. The van der Waals surface area contributed by atoms with Gasteiger partial charge in [0.25, 0.3) is 0 Å². The lowest BCUT2D eigenvalue weighted by Gasteiger charge is -2.09. The maximum Gasteiger partial charge on any atom is 0.187 e. The first-order chi connectivity index (χ1) is 8.18. The Balaban J connectivity index is 1.99. The molecule has 4 nitrogen and oxygen atoms in total. The number of aryl methyl sites for hydroxylation is 1. The number of hydrogen-bond acceptors (Lipinski definition) is 5. The molecule has 1 rings (SSSR count). The molecule has 1 N–H and O–H groups in total. The summed E-state index contributed by atoms with van der Waals surface area (Å²) in [6.07, 6.45) is 4.92. The smallest absolute Gasteiger partial charge is 0.187 e. The number of rotatable bonds is 8. The van der Waals surface area contributed by atoms with Crippen LogP contribution in [0.5, 0.6) is 0 Å². The number of nitrogens with one attached hydrogen (secondary N) is 1. The Bertz CT molecular complexity index is 300. The van der Waals surface area contributed by atoms with Crippen LogP contribution in [0.25, 0.3) is 0 Å². The Morgan fingerprint density at radius 2 is 1.94 bits per heavy atom. The molecule has 17 heavy (non-hydrogen) atoms. The third-order valence-electron chi connectivity index (χ3n) is 2.23. The number of thioether (sulfide) groups is 1. The third-order valence-corrected chi connectivity index (χ3v) is 3.10. The Hall–Kier alpha value is -0.650. The van der Waals surface area contributed by atoms with Gasteiger partial charge in [0.15, 0.2) is 5.16 Å². The molecule has 0 radical (unpaired) electrons. The first kappa shape index (κ1) is 14.4. The van der Waals surface area contributed by atoms with Gasteiger partial charge < -0.3 is 10.2 Å². The predicted octanol–water partition coefficient (Wildman–Crippen LogP) is 1.42. The monoisotopic (exact) mass is 254 g/mol. The van der Waals surface area contributed by atoms with E-state index in [-0.39, 0.29) is 0 Å². The van der Waals surface area contributed by atoms with Gasteiger partial charge in [0.05, 0.1) is 0 Å². The summed E-state index contributed by atoms with van der Waals surface area (Å²) >= 11 is 1.70. The molecule has 0 aliphatic rings. The van der Waals surface area contributed by atoms with Crippen molar-refractivity contribution < 1.29 is 0 Å². The summed E-state index contributed by atoms with van der Waals surface area (Å²) in [5, 5.41) is 4.29. The summed E-state index contributed by atoms with van der Waals surface area (Å²) in [5.74, 6) is 1.02. The van der Waals surface area contributed by atoms with Crippen LogP contribution in [0.4, 0.5) is 0 Å². The molecule has 1 aromatic rings. The fourth-order valence-electron chi connectivity index (χ4n) is 1.32. The molecular formula is C12H22N4S. The van der Waals surface area contributed by atoms with E-state index in [1.807, 2.05) is 19.3 Å². The SMILES string of the molecule is Cc1cnc(SCCNCCCN(C)C)nc1. The molecule has 0 bridgehead atoms. The average molecular weight is 254 g/mol. The van der Waals surface area contributed by atoms with Crippen molar-refractivity contribution in [3.63, 3.8) is 0 Å². The van der Waals surface area contributed by atoms with Gasteiger partial charge in [0.2, 0.25) is 0 Å². The lowest BCUT2D eigenvalue weighted by molar-refractivity contribution is 0.396. The summed E-state index contributed by atoms with van der Waals surface area (Å²) in [7, 11) is 4.20. The van der Waals surface area contributed by atoms with Crippen molar-refractivity contribution >= 4 is 11.8 Å². The zero-order valence-corrected chi connectivity index (χ0v) is 11.8. The van der Waals surface area contributed by atoms with E-state index in [0.29, 0.717) is 0 Å². The zero-order valence-electron chi connectivity index (χ0n) is 10.9. The van der Waals surface area contributed by atoms with Crippen LogP contribution in [-0.2, 0) is 0 Å². The Kier molecular flexibility index (Phi) is 7.16. The van der Waals surface area contributed by atoms with Crippen molar-refractivity contribution in [3.8, 4) is 0 Å². The van der Waals surface area contributed by atoms with Crippen LogP contribution in [0, 0.1) is 6.92 Å². The van der Waals surface area contributed by atoms with Gasteiger partial charge in [0.1, 0.15) is 0 Å². The molecule has 1 aromatic heterocycles. The van der Waals surface area contributed by atoms with E-state index in [0.717, 1.165) is 36.1 Å².